The molecule has 31 heavy (non-hydrogen) atoms. The molecule has 7 heteroatoms. The SMILES string of the molecule is CCOC(=O)C(Cc1ccc(NCCCN2CCOc3cc(F)ccc32)cc1)OCC. The first-order valence-corrected chi connectivity index (χ1v) is 10.9. The van der Waals surface area contributed by atoms with Crippen molar-refractivity contribution in [3.8, 4) is 5.75 Å². The maximum Gasteiger partial charge on any atom is 0.335 e. The Morgan fingerprint density at radius 3 is 2.74 bits per heavy atom. The van der Waals surface area contributed by atoms with E-state index >= 15 is 0 Å². The summed E-state index contributed by atoms with van der Waals surface area (Å²) in [6.07, 6.45) is 0.853. The molecule has 0 radical (unpaired) electrons. The molecule has 0 saturated heterocycles. The molecule has 3 rings (SSSR count). The highest BCUT2D eigenvalue weighted by Gasteiger charge is 2.20. The van der Waals surface area contributed by atoms with Gasteiger partial charge in [0.2, 0.25) is 0 Å². The van der Waals surface area contributed by atoms with Crippen LogP contribution in [0.25, 0.3) is 0 Å². The zero-order chi connectivity index (χ0) is 22.1. The molecule has 1 aliphatic heterocycles. The molecular weight excluding hydrogens is 399 g/mol. The number of hydrogen-bond donors (Lipinski definition) is 1. The maximum atomic E-state index is 13.4. The largest absolute Gasteiger partial charge is 0.489 e. The quantitative estimate of drug-likeness (QED) is 0.429. The van der Waals surface area contributed by atoms with E-state index in [-0.39, 0.29) is 11.8 Å². The Bertz CT molecular complexity index is 844. The van der Waals surface area contributed by atoms with Crippen molar-refractivity contribution in [2.45, 2.75) is 32.8 Å². The second-order valence-electron chi connectivity index (χ2n) is 7.32. The smallest absolute Gasteiger partial charge is 0.335 e. The van der Waals surface area contributed by atoms with E-state index in [2.05, 4.69) is 10.2 Å². The number of carbonyl (C=O) groups is 1. The number of ether oxygens (including phenoxy) is 3. The number of rotatable bonds is 11. The summed E-state index contributed by atoms with van der Waals surface area (Å²) in [5, 5.41) is 3.43. The molecule has 0 aromatic heterocycles. The van der Waals surface area contributed by atoms with Gasteiger partial charge in [-0.25, -0.2) is 9.18 Å². The molecule has 0 bridgehead atoms. The molecule has 1 aliphatic rings. The third kappa shape index (κ3) is 6.59. The molecule has 6 nitrogen and oxygen atoms in total. The Kier molecular flexibility index (Phi) is 8.53. The van der Waals surface area contributed by atoms with E-state index in [0.717, 1.165) is 43.0 Å². The van der Waals surface area contributed by atoms with Gasteiger partial charge in [0, 0.05) is 37.9 Å². The first-order valence-electron chi connectivity index (χ1n) is 10.9. The van der Waals surface area contributed by atoms with Gasteiger partial charge in [0.25, 0.3) is 0 Å². The highest BCUT2D eigenvalue weighted by atomic mass is 19.1. The van der Waals surface area contributed by atoms with Crippen LogP contribution in [0.15, 0.2) is 42.5 Å². The van der Waals surface area contributed by atoms with Gasteiger partial charge in [0.15, 0.2) is 6.10 Å². The van der Waals surface area contributed by atoms with Gasteiger partial charge >= 0.3 is 5.97 Å². The number of halogens is 1. The Morgan fingerprint density at radius 1 is 1.19 bits per heavy atom. The summed E-state index contributed by atoms with van der Waals surface area (Å²) in [5.74, 6) is 0.0162. The monoisotopic (exact) mass is 430 g/mol. The minimum absolute atomic E-state index is 0.277. The third-order valence-electron chi connectivity index (χ3n) is 5.11. The maximum absolute atomic E-state index is 13.4. The summed E-state index contributed by atoms with van der Waals surface area (Å²) in [6, 6.07) is 12.7. The molecule has 1 unspecified atom stereocenters. The number of anilines is 2. The zero-order valence-corrected chi connectivity index (χ0v) is 18.2. The topological polar surface area (TPSA) is 60.0 Å². The summed E-state index contributed by atoms with van der Waals surface area (Å²) in [4.78, 5) is 14.2. The fourth-order valence-corrected chi connectivity index (χ4v) is 3.61. The van der Waals surface area contributed by atoms with Crippen molar-refractivity contribution >= 4 is 17.3 Å². The van der Waals surface area contributed by atoms with Crippen LogP contribution < -0.4 is 15.0 Å². The molecule has 1 N–H and O–H groups in total. The van der Waals surface area contributed by atoms with Crippen LogP contribution in [-0.2, 0) is 20.7 Å². The molecular formula is C24H31FN2O4. The van der Waals surface area contributed by atoms with E-state index in [1.54, 1.807) is 13.0 Å². The highest BCUT2D eigenvalue weighted by molar-refractivity contribution is 5.75. The lowest BCUT2D eigenvalue weighted by atomic mass is 10.1. The zero-order valence-electron chi connectivity index (χ0n) is 18.2. The van der Waals surface area contributed by atoms with Gasteiger partial charge in [0.1, 0.15) is 18.2 Å². The lowest BCUT2D eigenvalue weighted by Crippen LogP contribution is -2.34. The van der Waals surface area contributed by atoms with Crippen LogP contribution in [0.2, 0.25) is 0 Å². The van der Waals surface area contributed by atoms with E-state index in [0.29, 0.717) is 32.0 Å². The van der Waals surface area contributed by atoms with Gasteiger partial charge in [-0.1, -0.05) is 12.1 Å². The van der Waals surface area contributed by atoms with Crippen LogP contribution in [0.3, 0.4) is 0 Å². The number of nitrogens with zero attached hydrogens (tertiary/aromatic N) is 1. The van der Waals surface area contributed by atoms with Crippen LogP contribution >= 0.6 is 0 Å². The fourth-order valence-electron chi connectivity index (χ4n) is 3.61. The summed E-state index contributed by atoms with van der Waals surface area (Å²) in [6.45, 7) is 7.52. The van der Waals surface area contributed by atoms with Crippen molar-refractivity contribution < 1.29 is 23.4 Å². The van der Waals surface area contributed by atoms with Crippen molar-refractivity contribution in [2.24, 2.45) is 0 Å². The second kappa shape index (κ2) is 11.6. The van der Waals surface area contributed by atoms with Crippen LogP contribution in [0, 0.1) is 5.82 Å². The number of carbonyl (C=O) groups excluding carboxylic acids is 1. The van der Waals surface area contributed by atoms with Crippen molar-refractivity contribution in [1.29, 1.82) is 0 Å². The average Bonchev–Trinajstić information content (AvgIpc) is 2.77. The van der Waals surface area contributed by atoms with Gasteiger partial charge in [-0.15, -0.1) is 0 Å². The van der Waals surface area contributed by atoms with E-state index in [9.17, 15) is 9.18 Å². The summed E-state index contributed by atoms with van der Waals surface area (Å²) < 4.78 is 29.6. The van der Waals surface area contributed by atoms with E-state index in [1.807, 2.05) is 31.2 Å². The molecule has 2 aromatic rings. The molecule has 2 aromatic carbocycles. The highest BCUT2D eigenvalue weighted by Crippen LogP contribution is 2.32. The number of fused-ring (bicyclic) bond motifs is 1. The van der Waals surface area contributed by atoms with Crippen LogP contribution in [0.5, 0.6) is 5.75 Å². The first-order chi connectivity index (χ1) is 15.1. The van der Waals surface area contributed by atoms with Crippen molar-refractivity contribution in [3.05, 3.63) is 53.8 Å². The van der Waals surface area contributed by atoms with Gasteiger partial charge in [-0.3, -0.25) is 0 Å². The number of esters is 1. The Morgan fingerprint density at radius 2 is 2.00 bits per heavy atom. The van der Waals surface area contributed by atoms with Gasteiger partial charge in [-0.05, 0) is 50.1 Å². The van der Waals surface area contributed by atoms with E-state index in [4.69, 9.17) is 14.2 Å². The third-order valence-corrected chi connectivity index (χ3v) is 5.11. The number of nitrogens with one attached hydrogen (secondary N) is 1. The predicted octanol–water partition coefficient (Wildman–Crippen LogP) is 4.04. The average molecular weight is 431 g/mol. The minimum Gasteiger partial charge on any atom is -0.489 e. The molecule has 168 valence electrons. The Balaban J connectivity index is 1.45. The van der Waals surface area contributed by atoms with Gasteiger partial charge in [0.05, 0.1) is 18.8 Å². The number of benzene rings is 2. The van der Waals surface area contributed by atoms with Gasteiger partial charge < -0.3 is 24.4 Å². The van der Waals surface area contributed by atoms with Crippen molar-refractivity contribution in [2.75, 3.05) is 49.7 Å². The van der Waals surface area contributed by atoms with Crippen LogP contribution in [0.4, 0.5) is 15.8 Å². The predicted molar refractivity (Wildman–Crippen MR) is 119 cm³/mol. The van der Waals surface area contributed by atoms with Crippen molar-refractivity contribution in [1.82, 2.24) is 0 Å². The molecule has 1 heterocycles. The molecule has 1 atom stereocenters. The minimum atomic E-state index is -0.575. The summed E-state index contributed by atoms with van der Waals surface area (Å²) >= 11 is 0. The van der Waals surface area contributed by atoms with Gasteiger partial charge in [-0.2, -0.15) is 0 Å². The van der Waals surface area contributed by atoms with Crippen LogP contribution in [-0.4, -0.2) is 51.5 Å². The second-order valence-corrected chi connectivity index (χ2v) is 7.32. The van der Waals surface area contributed by atoms with Crippen molar-refractivity contribution in [3.63, 3.8) is 0 Å². The molecule has 0 spiro atoms. The molecule has 0 aliphatic carbocycles. The normalized spacial score (nSPS) is 13.8. The van der Waals surface area contributed by atoms with E-state index in [1.165, 1.54) is 12.1 Å². The lowest BCUT2D eigenvalue weighted by molar-refractivity contribution is -0.156. The van der Waals surface area contributed by atoms with E-state index < -0.39 is 6.10 Å². The standard InChI is InChI=1S/C24H31FN2O4/c1-3-29-23(24(28)30-4-2)16-18-6-9-20(10-7-18)26-12-5-13-27-14-15-31-22-17-19(25)8-11-21(22)27/h6-11,17,23,26H,3-5,12-16H2,1-2H3. The summed E-state index contributed by atoms with van der Waals surface area (Å²) in [7, 11) is 0. The van der Waals surface area contributed by atoms with Crippen LogP contribution in [0.1, 0.15) is 25.8 Å². The summed E-state index contributed by atoms with van der Waals surface area (Å²) in [5.41, 5.74) is 2.99. The lowest BCUT2D eigenvalue weighted by Gasteiger charge is -2.31. The molecule has 0 saturated carbocycles. The first kappa shape index (κ1) is 22.9. The Hall–Kier alpha value is -2.80. The Labute approximate surface area is 183 Å². The number of hydrogen-bond acceptors (Lipinski definition) is 6. The fraction of sp³-hybridized carbons (Fsp3) is 0.458. The molecule has 0 fully saturated rings. The molecule has 0 amide bonds.